The summed E-state index contributed by atoms with van der Waals surface area (Å²) >= 11 is 0. The van der Waals surface area contributed by atoms with E-state index in [1.807, 2.05) is 0 Å². The Bertz CT molecular complexity index is 1520. The molecule has 3 aromatic rings. The summed E-state index contributed by atoms with van der Waals surface area (Å²) in [4.78, 5) is 2.38. The first-order valence-corrected chi connectivity index (χ1v) is 12.6. The van der Waals surface area contributed by atoms with Crippen molar-refractivity contribution in [1.29, 1.82) is 0 Å². The lowest BCUT2D eigenvalue weighted by Gasteiger charge is -2.40. The monoisotopic (exact) mass is 496 g/mol. The van der Waals surface area contributed by atoms with Gasteiger partial charge in [-0.2, -0.15) is 0 Å². The molecule has 36 heavy (non-hydrogen) atoms. The molecule has 186 valence electrons. The van der Waals surface area contributed by atoms with Crippen molar-refractivity contribution in [3.05, 3.63) is 112 Å². The molecule has 3 heteroatoms. The standard InChI is InChI=1S/C33H37N2.ClH/c1-22-20-32(3,4)34(7)29-16-14-25(18-27(22)29)31(24-12-10-9-11-13-24)26-15-17-30-28(19-26)23(2)21-33(5,6)35(30)8;/h9-21H,1-8H3;1H/q+1;/p-1. The molecule has 0 atom stereocenters. The predicted octanol–water partition coefficient (Wildman–Crippen LogP) is 2.89. The van der Waals surface area contributed by atoms with E-state index in [0.29, 0.717) is 0 Å². The molecule has 2 nitrogen and oxygen atoms in total. The maximum absolute atomic E-state index is 2.38. The maximum Gasteiger partial charge on any atom is 0.207 e. The van der Waals surface area contributed by atoms with Gasteiger partial charge in [-0.15, -0.1) is 0 Å². The molecule has 0 aromatic heterocycles. The zero-order chi connectivity index (χ0) is 25.1. The topological polar surface area (TPSA) is 6.25 Å². The van der Waals surface area contributed by atoms with E-state index in [1.54, 1.807) is 0 Å². The van der Waals surface area contributed by atoms with E-state index in [2.05, 4.69) is 144 Å². The molecule has 0 aliphatic carbocycles. The minimum Gasteiger partial charge on any atom is -1.00 e. The summed E-state index contributed by atoms with van der Waals surface area (Å²) in [6, 6.07) is 24.8. The highest BCUT2D eigenvalue weighted by atomic mass is 35.5. The fraction of sp³-hybridized carbons (Fsp3) is 0.303. The SMILES string of the molecule is CC1=CC(C)(C)N(C)c2ccc(C(c3ccccc3)=c3ccc4c(c3)C(C)=CC(C)(C)[N+]=4C)cc21.[Cl-]. The Morgan fingerprint density at radius 2 is 1.42 bits per heavy atom. The van der Waals surface area contributed by atoms with Gasteiger partial charge in [0.05, 0.1) is 5.54 Å². The van der Waals surface area contributed by atoms with Crippen LogP contribution >= 0.6 is 0 Å². The van der Waals surface area contributed by atoms with Gasteiger partial charge in [-0.1, -0.05) is 42.5 Å². The molecule has 2 aliphatic heterocycles. The number of halogens is 1. The molecule has 0 N–H and O–H groups in total. The first-order valence-electron chi connectivity index (χ1n) is 12.6. The highest BCUT2D eigenvalue weighted by molar-refractivity contribution is 5.87. The highest BCUT2D eigenvalue weighted by Gasteiger charge is 2.31. The molecule has 0 bridgehead atoms. The second-order valence-electron chi connectivity index (χ2n) is 11.3. The summed E-state index contributed by atoms with van der Waals surface area (Å²) in [6.45, 7) is 13.6. The van der Waals surface area contributed by atoms with Crippen molar-refractivity contribution in [3.63, 3.8) is 0 Å². The number of nitrogens with zero attached hydrogens (tertiary/aromatic N) is 2. The molecular formula is C33H37ClN2. The fourth-order valence-corrected chi connectivity index (χ4v) is 5.73. The van der Waals surface area contributed by atoms with Crippen molar-refractivity contribution < 1.29 is 12.4 Å². The van der Waals surface area contributed by atoms with Crippen molar-refractivity contribution in [2.24, 2.45) is 0 Å². The number of rotatable bonds is 2. The van der Waals surface area contributed by atoms with Crippen molar-refractivity contribution >= 4 is 22.4 Å². The third-order valence-electron chi connectivity index (χ3n) is 8.07. The van der Waals surface area contributed by atoms with Crippen molar-refractivity contribution in [2.75, 3.05) is 19.0 Å². The fourth-order valence-electron chi connectivity index (χ4n) is 5.73. The predicted molar refractivity (Wildman–Crippen MR) is 151 cm³/mol. The Labute approximate surface area is 222 Å². The van der Waals surface area contributed by atoms with E-state index in [1.165, 1.54) is 55.2 Å². The third kappa shape index (κ3) is 4.22. The van der Waals surface area contributed by atoms with Crippen LogP contribution in [0.25, 0.3) is 16.7 Å². The molecule has 0 unspecified atom stereocenters. The van der Waals surface area contributed by atoms with Crippen LogP contribution in [-0.4, -0.2) is 25.2 Å². The van der Waals surface area contributed by atoms with Gasteiger partial charge >= 0.3 is 0 Å². The van der Waals surface area contributed by atoms with Gasteiger partial charge in [0.2, 0.25) is 5.36 Å². The van der Waals surface area contributed by atoms with Gasteiger partial charge in [-0.3, -0.25) is 0 Å². The van der Waals surface area contributed by atoms with Gasteiger partial charge in [-0.05, 0) is 91.1 Å². The van der Waals surface area contributed by atoms with Crippen molar-refractivity contribution in [3.8, 4) is 0 Å². The highest BCUT2D eigenvalue weighted by Crippen LogP contribution is 2.39. The Balaban J connectivity index is 0.00000304. The van der Waals surface area contributed by atoms with Crippen LogP contribution in [0.4, 0.5) is 5.69 Å². The summed E-state index contributed by atoms with van der Waals surface area (Å²) in [7, 11) is 4.39. The Morgan fingerprint density at radius 1 is 0.750 bits per heavy atom. The number of hydrogen-bond donors (Lipinski definition) is 0. The minimum atomic E-state index is 0. The first-order chi connectivity index (χ1) is 16.5. The van der Waals surface area contributed by atoms with Crippen LogP contribution in [0.1, 0.15) is 63.8 Å². The van der Waals surface area contributed by atoms with E-state index in [4.69, 9.17) is 0 Å². The van der Waals surface area contributed by atoms with Crippen LogP contribution in [0.5, 0.6) is 0 Å². The lowest BCUT2D eigenvalue weighted by atomic mass is 9.86. The summed E-state index contributed by atoms with van der Waals surface area (Å²) in [5, 5.41) is 2.54. The molecule has 0 saturated carbocycles. The summed E-state index contributed by atoms with van der Waals surface area (Å²) in [5.41, 5.74) is 10.4. The molecule has 5 rings (SSSR count). The number of anilines is 1. The van der Waals surface area contributed by atoms with Gasteiger partial charge in [0.15, 0.2) is 5.54 Å². The number of benzene rings is 3. The summed E-state index contributed by atoms with van der Waals surface area (Å²) in [6.07, 6.45) is 4.76. The zero-order valence-electron chi connectivity index (χ0n) is 22.8. The van der Waals surface area contributed by atoms with Gasteiger partial charge < -0.3 is 17.3 Å². The van der Waals surface area contributed by atoms with Crippen LogP contribution in [0.3, 0.4) is 0 Å². The first kappa shape index (κ1) is 26.0. The molecule has 0 saturated heterocycles. The molecule has 3 aromatic carbocycles. The van der Waals surface area contributed by atoms with Crippen molar-refractivity contribution in [1.82, 2.24) is 4.58 Å². The molecule has 0 amide bonds. The van der Waals surface area contributed by atoms with Crippen LogP contribution in [0.15, 0.2) is 78.9 Å². The Kier molecular flexibility index (Phi) is 6.56. The second kappa shape index (κ2) is 9.09. The zero-order valence-corrected chi connectivity index (χ0v) is 23.5. The van der Waals surface area contributed by atoms with Crippen LogP contribution in [0.2, 0.25) is 0 Å². The Hall–Kier alpha value is -3.10. The van der Waals surface area contributed by atoms with E-state index in [9.17, 15) is 0 Å². The molecule has 2 heterocycles. The summed E-state index contributed by atoms with van der Waals surface area (Å²) in [5.74, 6) is 0. The second-order valence-corrected chi connectivity index (χ2v) is 11.3. The van der Waals surface area contributed by atoms with Crippen LogP contribution in [0, 0.1) is 0 Å². The average Bonchev–Trinajstić information content (AvgIpc) is 2.82. The van der Waals surface area contributed by atoms with Crippen molar-refractivity contribution in [2.45, 2.75) is 52.6 Å². The van der Waals surface area contributed by atoms with Gasteiger partial charge in [-0.25, -0.2) is 4.58 Å². The molecule has 0 radical (unpaired) electrons. The lowest BCUT2D eigenvalue weighted by Crippen LogP contribution is -3.00. The van der Waals surface area contributed by atoms with Crippen LogP contribution < -0.4 is 32.5 Å². The van der Waals surface area contributed by atoms with Crippen LogP contribution in [-0.2, 0) is 0 Å². The summed E-state index contributed by atoms with van der Waals surface area (Å²) < 4.78 is 2.38. The number of allylic oxidation sites excluding steroid dienone is 2. The number of likely N-dealkylation sites (N-methyl/N-ethyl adjacent to an activating group) is 2. The average molecular weight is 497 g/mol. The van der Waals surface area contributed by atoms with Gasteiger partial charge in [0.25, 0.3) is 0 Å². The number of hydrogen-bond acceptors (Lipinski definition) is 1. The van der Waals surface area contributed by atoms with Gasteiger partial charge in [0, 0.05) is 43.8 Å². The van der Waals surface area contributed by atoms with E-state index >= 15 is 0 Å². The molecule has 0 fully saturated rings. The largest absolute Gasteiger partial charge is 1.00 e. The van der Waals surface area contributed by atoms with Gasteiger partial charge in [0.1, 0.15) is 7.05 Å². The normalized spacial score (nSPS) is 18.3. The van der Waals surface area contributed by atoms with E-state index in [0.717, 1.165) is 0 Å². The number of fused-ring (bicyclic) bond motifs is 2. The molecule has 2 aliphatic rings. The smallest absolute Gasteiger partial charge is 0.207 e. The third-order valence-corrected chi connectivity index (χ3v) is 8.07. The molecule has 0 spiro atoms. The van der Waals surface area contributed by atoms with E-state index in [-0.39, 0.29) is 23.5 Å². The minimum absolute atomic E-state index is 0. The lowest BCUT2D eigenvalue weighted by molar-refractivity contribution is -0.00000776. The maximum atomic E-state index is 2.38. The molecular weight excluding hydrogens is 460 g/mol. The Morgan fingerprint density at radius 3 is 2.11 bits per heavy atom. The van der Waals surface area contributed by atoms with E-state index < -0.39 is 0 Å². The quantitative estimate of drug-likeness (QED) is 0.494.